The fraction of sp³-hybridized carbons (Fsp3) is 0.125. The molecule has 0 N–H and O–H groups in total. The van der Waals surface area contributed by atoms with Crippen molar-refractivity contribution < 1.29 is 18.3 Å². The third-order valence-corrected chi connectivity index (χ3v) is 1.71. The molecule has 0 fully saturated rings. The number of hydrogen-bond donors (Lipinski definition) is 0. The third kappa shape index (κ3) is 2.96. The van der Waals surface area contributed by atoms with Crippen molar-refractivity contribution in [3.8, 4) is 5.75 Å². The first kappa shape index (κ1) is 9.88. The van der Waals surface area contributed by atoms with Crippen molar-refractivity contribution >= 4 is 16.4 Å². The highest BCUT2D eigenvalue weighted by atomic mass is 32.2. The van der Waals surface area contributed by atoms with Gasteiger partial charge in [-0.1, -0.05) is 17.7 Å². The maximum atomic E-state index is 10.6. The van der Waals surface area contributed by atoms with Crippen molar-refractivity contribution in [2.24, 2.45) is 0 Å². The summed E-state index contributed by atoms with van der Waals surface area (Å²) in [7, 11) is 0. The summed E-state index contributed by atoms with van der Waals surface area (Å²) in [6.45, 7) is 1.87. The molecule has 0 saturated carbocycles. The van der Waals surface area contributed by atoms with E-state index in [1.54, 1.807) is 12.1 Å². The molecule has 0 heterocycles. The van der Waals surface area contributed by atoms with E-state index in [2.05, 4.69) is 4.74 Å². The zero-order chi connectivity index (χ0) is 9.84. The fourth-order valence-electron chi connectivity index (χ4n) is 0.737. The van der Waals surface area contributed by atoms with Crippen molar-refractivity contribution in [1.82, 2.24) is 0 Å². The molecule has 0 bridgehead atoms. The Morgan fingerprint density at radius 3 is 2.38 bits per heavy atom. The lowest BCUT2D eigenvalue weighted by molar-refractivity contribution is 0.223. The van der Waals surface area contributed by atoms with Crippen LogP contribution >= 0.6 is 0 Å². The molecule has 4 nitrogen and oxygen atoms in total. The predicted molar refractivity (Wildman–Crippen MR) is 46.1 cm³/mol. The number of carbonyl (C=O) groups is 1. The van der Waals surface area contributed by atoms with Crippen LogP contribution in [0.25, 0.3) is 0 Å². The Balaban J connectivity index is 2.70. The number of benzene rings is 1. The van der Waals surface area contributed by atoms with Gasteiger partial charge >= 0.3 is 5.30 Å². The van der Waals surface area contributed by atoms with Crippen LogP contribution in [0.5, 0.6) is 5.75 Å². The smallest absolute Gasteiger partial charge is 0.389 e. The lowest BCUT2D eigenvalue weighted by Crippen LogP contribution is -2.11. The Morgan fingerprint density at radius 2 is 1.92 bits per heavy atom. The third-order valence-electron chi connectivity index (χ3n) is 1.36. The first-order valence-electron chi connectivity index (χ1n) is 3.47. The van der Waals surface area contributed by atoms with Gasteiger partial charge in [-0.2, -0.15) is 0 Å². The molecule has 13 heavy (non-hydrogen) atoms. The zero-order valence-electron chi connectivity index (χ0n) is 6.85. The molecule has 0 aliphatic heterocycles. The monoisotopic (exact) mass is 199 g/mol. The molecule has 0 amide bonds. The summed E-state index contributed by atoms with van der Waals surface area (Å²) in [5.41, 5.74) is 1.00. The van der Waals surface area contributed by atoms with Gasteiger partial charge in [0, 0.05) is 0 Å². The van der Waals surface area contributed by atoms with Crippen LogP contribution in [0, 0.1) is 6.92 Å². The van der Waals surface area contributed by atoms with Crippen molar-refractivity contribution in [1.29, 1.82) is 0 Å². The van der Waals surface area contributed by atoms with E-state index in [1.807, 2.05) is 6.92 Å². The molecule has 0 aromatic heterocycles. The lowest BCUT2D eigenvalue weighted by Gasteiger charge is -2.05. The van der Waals surface area contributed by atoms with Crippen molar-refractivity contribution in [3.05, 3.63) is 29.8 Å². The van der Waals surface area contributed by atoms with Crippen molar-refractivity contribution in [2.75, 3.05) is 0 Å². The van der Waals surface area contributed by atoms with E-state index < -0.39 is 16.4 Å². The van der Waals surface area contributed by atoms with Gasteiger partial charge in [0.05, 0.1) is 11.1 Å². The minimum atomic E-state index is -2.83. The van der Waals surface area contributed by atoms with Gasteiger partial charge in [-0.25, -0.2) is 4.79 Å². The van der Waals surface area contributed by atoms with Crippen LogP contribution in [0.1, 0.15) is 5.56 Å². The molecule has 1 aromatic carbocycles. The van der Waals surface area contributed by atoms with Crippen LogP contribution in [-0.2, 0) is 11.1 Å². The molecule has 0 aliphatic carbocycles. The highest BCUT2D eigenvalue weighted by Gasteiger charge is 2.03. The Morgan fingerprint density at radius 1 is 1.38 bits per heavy atom. The van der Waals surface area contributed by atoms with E-state index >= 15 is 0 Å². The second-order valence-electron chi connectivity index (χ2n) is 2.40. The number of rotatable bonds is 1. The van der Waals surface area contributed by atoms with E-state index in [4.69, 9.17) is 0 Å². The standard InChI is InChI=1S/C8H8O4S/c1-6-2-4-7(5-3-6)12-8(9)13(10)11/h2-5H,1H3,(H,10,11)/p-1. The maximum Gasteiger partial charge on any atom is 0.389 e. The van der Waals surface area contributed by atoms with Crippen molar-refractivity contribution in [3.63, 3.8) is 0 Å². The van der Waals surface area contributed by atoms with Gasteiger partial charge in [0.1, 0.15) is 5.75 Å². The Kier molecular flexibility index (Phi) is 3.16. The Labute approximate surface area is 77.8 Å². The molecule has 1 unspecified atom stereocenters. The average Bonchev–Trinajstić information content (AvgIpc) is 2.08. The maximum absolute atomic E-state index is 10.6. The van der Waals surface area contributed by atoms with Crippen LogP contribution in [0.3, 0.4) is 0 Å². The second kappa shape index (κ2) is 4.15. The summed E-state index contributed by atoms with van der Waals surface area (Å²) in [6.07, 6.45) is 0. The predicted octanol–water partition coefficient (Wildman–Crippen LogP) is 1.37. The van der Waals surface area contributed by atoms with Gasteiger partial charge in [0.25, 0.3) is 0 Å². The summed E-state index contributed by atoms with van der Waals surface area (Å²) < 4.78 is 24.7. The number of aryl methyl sites for hydroxylation is 1. The molecule has 1 aromatic rings. The SMILES string of the molecule is Cc1ccc(OC(=O)S(=O)[O-])cc1. The molecule has 70 valence electrons. The summed E-state index contributed by atoms with van der Waals surface area (Å²) >= 11 is -2.83. The molecule has 0 saturated heterocycles. The zero-order valence-corrected chi connectivity index (χ0v) is 7.67. The molecule has 1 rings (SSSR count). The molecule has 0 aliphatic rings. The topological polar surface area (TPSA) is 66.4 Å². The van der Waals surface area contributed by atoms with Crippen LogP contribution in [-0.4, -0.2) is 14.1 Å². The van der Waals surface area contributed by atoms with Gasteiger partial charge < -0.3 is 9.29 Å². The van der Waals surface area contributed by atoms with Gasteiger partial charge in [-0.15, -0.1) is 0 Å². The van der Waals surface area contributed by atoms with Crippen LogP contribution < -0.4 is 4.74 Å². The second-order valence-corrected chi connectivity index (χ2v) is 3.20. The van der Waals surface area contributed by atoms with Gasteiger partial charge in [-0.3, -0.25) is 4.21 Å². The van der Waals surface area contributed by atoms with E-state index in [9.17, 15) is 13.6 Å². The minimum absolute atomic E-state index is 0.222. The van der Waals surface area contributed by atoms with Crippen LogP contribution in [0.15, 0.2) is 24.3 Å². The normalized spacial score (nSPS) is 12.2. The average molecular weight is 199 g/mol. The van der Waals surface area contributed by atoms with E-state index in [-0.39, 0.29) is 5.75 Å². The lowest BCUT2D eigenvalue weighted by atomic mass is 10.2. The summed E-state index contributed by atoms with van der Waals surface area (Å²) in [5.74, 6) is 0.222. The van der Waals surface area contributed by atoms with Crippen LogP contribution in [0.2, 0.25) is 0 Å². The number of carbonyl (C=O) groups excluding carboxylic acids is 1. The fourth-order valence-corrected chi connectivity index (χ4v) is 0.901. The summed E-state index contributed by atoms with van der Waals surface area (Å²) in [4.78, 5) is 10.6. The molecule has 0 radical (unpaired) electrons. The highest BCUT2D eigenvalue weighted by molar-refractivity contribution is 7.94. The Bertz CT molecular complexity index is 331. The van der Waals surface area contributed by atoms with E-state index in [1.165, 1.54) is 12.1 Å². The molecule has 5 heteroatoms. The van der Waals surface area contributed by atoms with Crippen molar-refractivity contribution in [2.45, 2.75) is 6.92 Å². The van der Waals surface area contributed by atoms with E-state index in [0.717, 1.165) is 5.56 Å². The molecule has 1 atom stereocenters. The Hall–Kier alpha value is -1.20. The van der Waals surface area contributed by atoms with Gasteiger partial charge in [-0.05, 0) is 19.1 Å². The quantitative estimate of drug-likeness (QED) is 0.506. The first-order valence-corrected chi connectivity index (χ1v) is 4.55. The van der Waals surface area contributed by atoms with Gasteiger partial charge in [0.15, 0.2) is 0 Å². The number of ether oxygens (including phenoxy) is 1. The molecular weight excluding hydrogens is 192 g/mol. The summed E-state index contributed by atoms with van der Waals surface area (Å²) in [5, 5.41) is -1.27. The summed E-state index contributed by atoms with van der Waals surface area (Å²) in [6, 6.07) is 6.49. The minimum Gasteiger partial charge on any atom is -0.764 e. The molecule has 0 spiro atoms. The first-order chi connectivity index (χ1) is 6.09. The highest BCUT2D eigenvalue weighted by Crippen LogP contribution is 2.11. The molecular formula is C8H7O4S-. The van der Waals surface area contributed by atoms with Crippen LogP contribution in [0.4, 0.5) is 4.79 Å². The van der Waals surface area contributed by atoms with Gasteiger partial charge in [0.2, 0.25) is 0 Å². The van der Waals surface area contributed by atoms with E-state index in [0.29, 0.717) is 0 Å². The largest absolute Gasteiger partial charge is 0.764 e. The number of hydrogen-bond acceptors (Lipinski definition) is 4.